The van der Waals surface area contributed by atoms with Gasteiger partial charge in [-0.3, -0.25) is 14.9 Å². The Morgan fingerprint density at radius 3 is 2.13 bits per heavy atom. The van der Waals surface area contributed by atoms with Gasteiger partial charge in [0.1, 0.15) is 24.5 Å². The maximum absolute atomic E-state index is 13.5. The number of ether oxygens (including phenoxy) is 3. The fourth-order valence-electron chi connectivity index (χ4n) is 4.46. The van der Waals surface area contributed by atoms with Crippen LogP contribution in [0.3, 0.4) is 0 Å². The Balaban J connectivity index is 1.35. The van der Waals surface area contributed by atoms with Crippen LogP contribution in [0.5, 0.6) is 17.2 Å². The number of benzene rings is 4. The highest BCUT2D eigenvalue weighted by molar-refractivity contribution is 6.42. The fraction of sp³-hybridized carbons (Fsp3) is 0.147. The van der Waals surface area contributed by atoms with Gasteiger partial charge in [-0.05, 0) is 85.1 Å². The molecule has 0 aromatic heterocycles. The number of hydrogen-bond acceptors (Lipinski definition) is 6. The lowest BCUT2D eigenvalue weighted by Gasteiger charge is -2.26. The average molecular weight is 666 g/mol. The number of hydrogen-bond donors (Lipinski definition) is 1. The van der Waals surface area contributed by atoms with E-state index in [0.717, 1.165) is 21.6 Å². The number of nitrogens with one attached hydrogen (secondary N) is 1. The van der Waals surface area contributed by atoms with Crippen molar-refractivity contribution < 1.29 is 28.6 Å². The van der Waals surface area contributed by atoms with E-state index in [1.54, 1.807) is 55.5 Å². The van der Waals surface area contributed by atoms with Crippen LogP contribution < -0.4 is 24.4 Å². The first-order valence-corrected chi connectivity index (χ1v) is 15.0. The largest absolute Gasteiger partial charge is 0.490 e. The van der Waals surface area contributed by atoms with Gasteiger partial charge >= 0.3 is 6.03 Å². The van der Waals surface area contributed by atoms with Crippen molar-refractivity contribution in [2.75, 3.05) is 11.5 Å². The zero-order chi connectivity index (χ0) is 32.1. The van der Waals surface area contributed by atoms with Crippen LogP contribution in [0.1, 0.15) is 29.2 Å². The molecule has 1 heterocycles. The van der Waals surface area contributed by atoms with Crippen molar-refractivity contribution in [3.05, 3.63) is 122 Å². The predicted octanol–water partition coefficient (Wildman–Crippen LogP) is 8.18. The van der Waals surface area contributed by atoms with E-state index < -0.39 is 17.8 Å². The Labute approximate surface area is 275 Å². The molecule has 230 valence electrons. The Bertz CT molecular complexity index is 1790. The van der Waals surface area contributed by atoms with E-state index in [9.17, 15) is 14.4 Å². The van der Waals surface area contributed by atoms with Crippen LogP contribution in [0.2, 0.25) is 15.1 Å². The van der Waals surface area contributed by atoms with Gasteiger partial charge in [0.15, 0.2) is 11.5 Å². The molecule has 0 aliphatic carbocycles. The lowest BCUT2D eigenvalue weighted by atomic mass is 10.1. The van der Waals surface area contributed by atoms with Crippen LogP contribution in [0, 0.1) is 6.92 Å². The lowest BCUT2D eigenvalue weighted by Crippen LogP contribution is -2.54. The minimum absolute atomic E-state index is 0.130. The van der Waals surface area contributed by atoms with E-state index in [-0.39, 0.29) is 28.6 Å². The number of barbiturate groups is 1. The molecule has 1 aliphatic rings. The highest BCUT2D eigenvalue weighted by Gasteiger charge is 2.37. The van der Waals surface area contributed by atoms with Gasteiger partial charge in [0.2, 0.25) is 0 Å². The number of urea groups is 1. The van der Waals surface area contributed by atoms with E-state index >= 15 is 0 Å². The first-order valence-electron chi connectivity index (χ1n) is 13.9. The van der Waals surface area contributed by atoms with E-state index in [1.165, 1.54) is 12.1 Å². The average Bonchev–Trinajstić information content (AvgIpc) is 3.01. The SMILES string of the molecule is CCOc1cc(/C=C2\C(=O)NC(=O)N(c3ccc(OCc4ccc(C)cc4)cc3)C2=O)cc(Cl)c1OCc1ccc(Cl)c(Cl)c1. The summed E-state index contributed by atoms with van der Waals surface area (Å²) >= 11 is 18.7. The summed E-state index contributed by atoms with van der Waals surface area (Å²) in [5, 5.41) is 3.22. The van der Waals surface area contributed by atoms with Crippen molar-refractivity contribution in [1.29, 1.82) is 0 Å². The molecule has 0 saturated carbocycles. The first kappa shape index (κ1) is 31.9. The topological polar surface area (TPSA) is 94.2 Å². The molecule has 11 heteroatoms. The van der Waals surface area contributed by atoms with Crippen LogP contribution in [0.25, 0.3) is 6.08 Å². The number of rotatable bonds is 10. The molecule has 1 aliphatic heterocycles. The third-order valence-corrected chi connectivity index (χ3v) is 7.75. The molecule has 4 amide bonds. The summed E-state index contributed by atoms with van der Waals surface area (Å²) in [4.78, 5) is 39.9. The van der Waals surface area contributed by atoms with Crippen LogP contribution >= 0.6 is 34.8 Å². The van der Waals surface area contributed by atoms with E-state index in [2.05, 4.69) is 5.32 Å². The number of anilines is 1. The summed E-state index contributed by atoms with van der Waals surface area (Å²) < 4.78 is 17.5. The van der Waals surface area contributed by atoms with Crippen molar-refractivity contribution in [3.63, 3.8) is 0 Å². The molecule has 0 spiro atoms. The molecule has 0 radical (unpaired) electrons. The second kappa shape index (κ2) is 14.1. The van der Waals surface area contributed by atoms with Gasteiger partial charge in [0, 0.05) is 0 Å². The van der Waals surface area contributed by atoms with Crippen LogP contribution in [0.4, 0.5) is 10.5 Å². The normalized spacial score (nSPS) is 14.0. The Hall–Kier alpha value is -4.50. The fourth-order valence-corrected chi connectivity index (χ4v) is 5.05. The summed E-state index contributed by atoms with van der Waals surface area (Å²) in [6.07, 6.45) is 1.34. The highest BCUT2D eigenvalue weighted by Crippen LogP contribution is 2.38. The molecule has 4 aromatic carbocycles. The summed E-state index contributed by atoms with van der Waals surface area (Å²) in [5.74, 6) is -0.516. The van der Waals surface area contributed by atoms with Crippen LogP contribution in [-0.2, 0) is 22.8 Å². The zero-order valence-electron chi connectivity index (χ0n) is 24.2. The van der Waals surface area contributed by atoms with Gasteiger partial charge in [-0.2, -0.15) is 0 Å². The highest BCUT2D eigenvalue weighted by atomic mass is 35.5. The number of carbonyl (C=O) groups excluding carboxylic acids is 3. The molecule has 0 atom stereocenters. The van der Waals surface area contributed by atoms with Crippen molar-refractivity contribution >= 4 is 64.4 Å². The standard InChI is InChI=1S/C34H27Cl3N2O6/c1-3-43-30-17-23(16-29(37)31(30)45-19-22-8-13-27(35)28(36)15-22)14-26-32(40)38-34(42)39(33(26)41)24-9-11-25(12-10-24)44-18-21-6-4-20(2)5-7-21/h4-17H,3,18-19H2,1-2H3,(H,38,40,42)/b26-14+. The third kappa shape index (κ3) is 7.60. The molecule has 4 aromatic rings. The summed E-state index contributed by atoms with van der Waals surface area (Å²) in [7, 11) is 0. The quantitative estimate of drug-likeness (QED) is 0.136. The molecule has 45 heavy (non-hydrogen) atoms. The molecule has 0 unspecified atom stereocenters. The van der Waals surface area contributed by atoms with Gasteiger partial charge in [0.25, 0.3) is 11.8 Å². The lowest BCUT2D eigenvalue weighted by molar-refractivity contribution is -0.122. The minimum atomic E-state index is -0.866. The first-order chi connectivity index (χ1) is 21.6. The minimum Gasteiger partial charge on any atom is -0.490 e. The second-order valence-corrected chi connectivity index (χ2v) is 11.2. The second-order valence-electron chi connectivity index (χ2n) is 10.0. The van der Waals surface area contributed by atoms with Crippen LogP contribution in [-0.4, -0.2) is 24.5 Å². The zero-order valence-corrected chi connectivity index (χ0v) is 26.5. The number of halogens is 3. The summed E-state index contributed by atoms with van der Waals surface area (Å²) in [6, 6.07) is 21.8. The molecule has 8 nitrogen and oxygen atoms in total. The number of imide groups is 2. The number of amides is 4. The Morgan fingerprint density at radius 1 is 0.756 bits per heavy atom. The van der Waals surface area contributed by atoms with Gasteiger partial charge < -0.3 is 14.2 Å². The van der Waals surface area contributed by atoms with Gasteiger partial charge in [-0.1, -0.05) is 70.7 Å². The molecule has 1 saturated heterocycles. The van der Waals surface area contributed by atoms with Crippen molar-refractivity contribution in [2.45, 2.75) is 27.1 Å². The maximum Gasteiger partial charge on any atom is 0.335 e. The van der Waals surface area contributed by atoms with E-state index in [1.807, 2.05) is 31.2 Å². The molecule has 1 fully saturated rings. The molecular weight excluding hydrogens is 639 g/mol. The number of carbonyl (C=O) groups is 3. The van der Waals surface area contributed by atoms with Crippen molar-refractivity contribution in [3.8, 4) is 17.2 Å². The van der Waals surface area contributed by atoms with Crippen molar-refractivity contribution in [1.82, 2.24) is 5.32 Å². The van der Waals surface area contributed by atoms with Gasteiger partial charge in [-0.25, -0.2) is 9.69 Å². The Kier molecular flexibility index (Phi) is 9.98. The monoisotopic (exact) mass is 664 g/mol. The molecule has 1 N–H and O–H groups in total. The molecule has 5 rings (SSSR count). The van der Waals surface area contributed by atoms with Gasteiger partial charge in [0.05, 0.1) is 27.4 Å². The Morgan fingerprint density at radius 2 is 1.44 bits per heavy atom. The molecule has 0 bridgehead atoms. The molecular formula is C34H27Cl3N2O6. The van der Waals surface area contributed by atoms with Gasteiger partial charge in [-0.15, -0.1) is 0 Å². The number of aryl methyl sites for hydroxylation is 1. The third-order valence-electron chi connectivity index (χ3n) is 6.73. The summed E-state index contributed by atoms with van der Waals surface area (Å²) in [6.45, 7) is 4.59. The number of nitrogens with zero attached hydrogens (tertiary/aromatic N) is 1. The summed E-state index contributed by atoms with van der Waals surface area (Å²) in [5.41, 5.74) is 3.30. The van der Waals surface area contributed by atoms with E-state index in [4.69, 9.17) is 49.0 Å². The smallest absolute Gasteiger partial charge is 0.335 e. The van der Waals surface area contributed by atoms with Crippen LogP contribution in [0.15, 0.2) is 84.4 Å². The maximum atomic E-state index is 13.5. The van der Waals surface area contributed by atoms with E-state index in [0.29, 0.717) is 40.3 Å². The predicted molar refractivity (Wildman–Crippen MR) is 174 cm³/mol. The van der Waals surface area contributed by atoms with Crippen molar-refractivity contribution in [2.24, 2.45) is 0 Å².